The van der Waals surface area contributed by atoms with Crippen molar-refractivity contribution >= 4 is 18.3 Å². The van der Waals surface area contributed by atoms with Gasteiger partial charge in [0.05, 0.1) is 6.04 Å². The van der Waals surface area contributed by atoms with Gasteiger partial charge in [-0.3, -0.25) is 4.79 Å². The number of nitrogens with zero attached hydrogens (tertiary/aromatic N) is 1. The number of halogens is 1. The first-order valence-electron chi connectivity index (χ1n) is 5.79. The molecule has 1 aliphatic heterocycles. The van der Waals surface area contributed by atoms with Crippen molar-refractivity contribution in [3.63, 3.8) is 0 Å². The Balaban J connectivity index is 0.00000144. The van der Waals surface area contributed by atoms with Crippen molar-refractivity contribution in [1.82, 2.24) is 10.2 Å². The first-order chi connectivity index (χ1) is 7.77. The zero-order valence-electron chi connectivity index (χ0n) is 10.1. The van der Waals surface area contributed by atoms with Crippen LogP contribution >= 0.6 is 12.4 Å². The number of carbonyl (C=O) groups excluding carboxylic acids is 1. The maximum Gasteiger partial charge on any atom is 0.239 e. The first-order valence-corrected chi connectivity index (χ1v) is 5.79. The van der Waals surface area contributed by atoms with Gasteiger partial charge in [0.2, 0.25) is 5.91 Å². The molecule has 2 rings (SSSR count). The molecule has 1 fully saturated rings. The molecule has 0 saturated carbocycles. The van der Waals surface area contributed by atoms with E-state index in [1.165, 1.54) is 5.56 Å². The molecule has 94 valence electrons. The van der Waals surface area contributed by atoms with Gasteiger partial charge in [-0.05, 0) is 24.9 Å². The third-order valence-electron chi connectivity index (χ3n) is 3.00. The third kappa shape index (κ3) is 3.72. The Morgan fingerprint density at radius 3 is 2.71 bits per heavy atom. The molecule has 1 atom stereocenters. The highest BCUT2D eigenvalue weighted by molar-refractivity contribution is 5.85. The summed E-state index contributed by atoms with van der Waals surface area (Å²) in [7, 11) is 1.87. The number of likely N-dealkylation sites (N-methyl/N-ethyl adjacent to an activating group) is 1. The first kappa shape index (κ1) is 14.0. The molecular weight excluding hydrogens is 236 g/mol. The van der Waals surface area contributed by atoms with Crippen LogP contribution < -0.4 is 5.32 Å². The van der Waals surface area contributed by atoms with Crippen LogP contribution in [0.15, 0.2) is 30.3 Å². The molecule has 1 N–H and O–H groups in total. The number of nitrogens with one attached hydrogen (secondary N) is 1. The number of amides is 1. The molecule has 1 aromatic carbocycles. The highest BCUT2D eigenvalue weighted by atomic mass is 35.5. The molecule has 3 nitrogen and oxygen atoms in total. The van der Waals surface area contributed by atoms with Crippen LogP contribution in [0.5, 0.6) is 0 Å². The van der Waals surface area contributed by atoms with Crippen molar-refractivity contribution in [2.45, 2.75) is 25.4 Å². The van der Waals surface area contributed by atoms with Gasteiger partial charge in [0, 0.05) is 13.6 Å². The molecule has 1 aromatic rings. The summed E-state index contributed by atoms with van der Waals surface area (Å²) in [5, 5.41) is 3.23. The van der Waals surface area contributed by atoms with E-state index in [9.17, 15) is 4.79 Å². The Labute approximate surface area is 109 Å². The molecule has 0 bridgehead atoms. The minimum atomic E-state index is 0. The lowest BCUT2D eigenvalue weighted by atomic mass is 10.1. The molecule has 0 unspecified atom stereocenters. The summed E-state index contributed by atoms with van der Waals surface area (Å²) in [6, 6.07) is 10.1. The monoisotopic (exact) mass is 254 g/mol. The van der Waals surface area contributed by atoms with Crippen LogP contribution in [-0.2, 0) is 11.3 Å². The Morgan fingerprint density at radius 2 is 2.12 bits per heavy atom. The molecule has 0 spiro atoms. The molecule has 0 aliphatic carbocycles. The van der Waals surface area contributed by atoms with Crippen LogP contribution in [0.1, 0.15) is 18.4 Å². The predicted octanol–water partition coefficient (Wildman–Crippen LogP) is 1.82. The van der Waals surface area contributed by atoms with Gasteiger partial charge in [0.15, 0.2) is 0 Å². The van der Waals surface area contributed by atoms with E-state index in [4.69, 9.17) is 0 Å². The topological polar surface area (TPSA) is 32.3 Å². The Bertz CT molecular complexity index is 350. The summed E-state index contributed by atoms with van der Waals surface area (Å²) in [4.78, 5) is 13.8. The largest absolute Gasteiger partial charge is 0.340 e. The maximum absolute atomic E-state index is 12.0. The SMILES string of the molecule is CN(Cc1ccccc1)C(=O)[C@@H]1CCCN1.Cl. The molecule has 4 heteroatoms. The highest BCUT2D eigenvalue weighted by Gasteiger charge is 2.24. The molecule has 0 aromatic heterocycles. The number of carbonyl (C=O) groups is 1. The lowest BCUT2D eigenvalue weighted by Crippen LogP contribution is -2.41. The van der Waals surface area contributed by atoms with Crippen LogP contribution in [0.4, 0.5) is 0 Å². The summed E-state index contributed by atoms with van der Waals surface area (Å²) in [6.07, 6.45) is 2.08. The second-order valence-corrected chi connectivity index (χ2v) is 4.33. The van der Waals surface area contributed by atoms with Crippen LogP contribution in [0.2, 0.25) is 0 Å². The average molecular weight is 255 g/mol. The molecule has 1 aliphatic rings. The minimum Gasteiger partial charge on any atom is -0.340 e. The molecule has 1 amide bonds. The van der Waals surface area contributed by atoms with Crippen molar-refractivity contribution in [2.24, 2.45) is 0 Å². The number of rotatable bonds is 3. The Hall–Kier alpha value is -1.06. The highest BCUT2D eigenvalue weighted by Crippen LogP contribution is 2.10. The van der Waals surface area contributed by atoms with E-state index in [1.807, 2.05) is 37.4 Å². The van der Waals surface area contributed by atoms with Gasteiger partial charge < -0.3 is 10.2 Å². The van der Waals surface area contributed by atoms with Gasteiger partial charge >= 0.3 is 0 Å². The van der Waals surface area contributed by atoms with E-state index in [-0.39, 0.29) is 24.4 Å². The lowest BCUT2D eigenvalue weighted by molar-refractivity contribution is -0.132. The zero-order valence-corrected chi connectivity index (χ0v) is 10.9. The summed E-state index contributed by atoms with van der Waals surface area (Å²) < 4.78 is 0. The second-order valence-electron chi connectivity index (χ2n) is 4.33. The number of benzene rings is 1. The number of hydrogen-bond acceptors (Lipinski definition) is 2. The fourth-order valence-electron chi connectivity index (χ4n) is 2.10. The molecular formula is C13H19ClN2O. The van der Waals surface area contributed by atoms with Crippen molar-refractivity contribution in [1.29, 1.82) is 0 Å². The van der Waals surface area contributed by atoms with Gasteiger partial charge in [-0.1, -0.05) is 30.3 Å². The Kier molecular flexibility index (Phi) is 5.45. The van der Waals surface area contributed by atoms with Gasteiger partial charge in [-0.25, -0.2) is 0 Å². The van der Waals surface area contributed by atoms with E-state index >= 15 is 0 Å². The van der Waals surface area contributed by atoms with Crippen molar-refractivity contribution in [2.75, 3.05) is 13.6 Å². The maximum atomic E-state index is 12.0. The zero-order chi connectivity index (χ0) is 11.4. The fraction of sp³-hybridized carbons (Fsp3) is 0.462. The summed E-state index contributed by atoms with van der Waals surface area (Å²) >= 11 is 0. The van der Waals surface area contributed by atoms with E-state index < -0.39 is 0 Å². The summed E-state index contributed by atoms with van der Waals surface area (Å²) in [5.41, 5.74) is 1.18. The van der Waals surface area contributed by atoms with Crippen molar-refractivity contribution in [3.8, 4) is 0 Å². The van der Waals surface area contributed by atoms with Crippen molar-refractivity contribution in [3.05, 3.63) is 35.9 Å². The second kappa shape index (κ2) is 6.62. The standard InChI is InChI=1S/C13H18N2O.ClH/c1-15(10-11-6-3-2-4-7-11)13(16)12-8-5-9-14-12;/h2-4,6-7,12,14H,5,8-10H2,1H3;1H/t12-;/m0./s1. The normalized spacial score (nSPS) is 18.5. The predicted molar refractivity (Wildman–Crippen MR) is 71.2 cm³/mol. The van der Waals surface area contributed by atoms with Crippen molar-refractivity contribution < 1.29 is 4.79 Å². The fourth-order valence-corrected chi connectivity index (χ4v) is 2.10. The van der Waals surface area contributed by atoms with E-state index in [0.29, 0.717) is 6.54 Å². The summed E-state index contributed by atoms with van der Waals surface area (Å²) in [5.74, 6) is 0.210. The molecule has 1 heterocycles. The number of hydrogen-bond donors (Lipinski definition) is 1. The third-order valence-corrected chi connectivity index (χ3v) is 3.00. The van der Waals surface area contributed by atoms with Gasteiger partial charge in [0.1, 0.15) is 0 Å². The molecule has 1 saturated heterocycles. The van der Waals surface area contributed by atoms with E-state index in [0.717, 1.165) is 19.4 Å². The summed E-state index contributed by atoms with van der Waals surface area (Å²) in [6.45, 7) is 1.66. The Morgan fingerprint density at radius 1 is 1.41 bits per heavy atom. The average Bonchev–Trinajstić information content (AvgIpc) is 2.83. The van der Waals surface area contributed by atoms with Crippen LogP contribution in [0.3, 0.4) is 0 Å². The molecule has 0 radical (unpaired) electrons. The van der Waals surface area contributed by atoms with E-state index in [1.54, 1.807) is 4.90 Å². The van der Waals surface area contributed by atoms with Crippen LogP contribution in [-0.4, -0.2) is 30.4 Å². The quantitative estimate of drug-likeness (QED) is 0.893. The minimum absolute atomic E-state index is 0. The van der Waals surface area contributed by atoms with Gasteiger partial charge in [-0.2, -0.15) is 0 Å². The van der Waals surface area contributed by atoms with Crippen LogP contribution in [0, 0.1) is 0 Å². The lowest BCUT2D eigenvalue weighted by Gasteiger charge is -2.21. The smallest absolute Gasteiger partial charge is 0.239 e. The van der Waals surface area contributed by atoms with Gasteiger partial charge in [-0.15, -0.1) is 12.4 Å². The van der Waals surface area contributed by atoms with Crippen LogP contribution in [0.25, 0.3) is 0 Å². The van der Waals surface area contributed by atoms with Gasteiger partial charge in [0.25, 0.3) is 0 Å². The molecule has 17 heavy (non-hydrogen) atoms. The van der Waals surface area contributed by atoms with E-state index in [2.05, 4.69) is 5.32 Å².